The van der Waals surface area contributed by atoms with Gasteiger partial charge in [0.2, 0.25) is 17.7 Å². The molecule has 17 nitrogen and oxygen atoms in total. The van der Waals surface area contributed by atoms with Gasteiger partial charge in [-0.2, -0.15) is 13.2 Å². The maximum Gasteiger partial charge on any atom is 0.488 e. The van der Waals surface area contributed by atoms with Gasteiger partial charge in [0.1, 0.15) is 28.9 Å². The normalized spacial score (nSPS) is 12.8. The van der Waals surface area contributed by atoms with E-state index < -0.39 is 90.2 Å². The quantitative estimate of drug-likeness (QED) is 0.0897. The van der Waals surface area contributed by atoms with Gasteiger partial charge >= 0.3 is 31.6 Å². The number of rotatable bonds is 17. The Morgan fingerprint density at radius 1 is 0.689 bits per heavy atom. The van der Waals surface area contributed by atoms with Gasteiger partial charge in [-0.1, -0.05) is 24.3 Å². The fraction of sp³-hybridized carbons (Fsp3) is 0.550. The van der Waals surface area contributed by atoms with Crippen LogP contribution >= 0.6 is 0 Å². The van der Waals surface area contributed by atoms with Gasteiger partial charge in [0.25, 0.3) is 0 Å². The van der Waals surface area contributed by atoms with E-state index in [1.165, 1.54) is 29.2 Å². The molecular formula is C40H58BF3N6O11. The number of halogens is 3. The summed E-state index contributed by atoms with van der Waals surface area (Å²) < 4.78 is 55.8. The molecule has 0 heterocycles. The summed E-state index contributed by atoms with van der Waals surface area (Å²) in [5, 5.41) is 31.8. The number of anilines is 1. The molecule has 0 aliphatic heterocycles. The average molecular weight is 867 g/mol. The molecule has 0 aromatic heterocycles. The van der Waals surface area contributed by atoms with Crippen LogP contribution < -0.4 is 32.0 Å². The zero-order valence-corrected chi connectivity index (χ0v) is 36.0. The summed E-state index contributed by atoms with van der Waals surface area (Å²) in [6.45, 7) is 14.5. The lowest BCUT2D eigenvalue weighted by molar-refractivity contribution is -0.137. The van der Waals surface area contributed by atoms with Crippen molar-refractivity contribution in [2.75, 3.05) is 31.5 Å². The van der Waals surface area contributed by atoms with Crippen LogP contribution in [0.25, 0.3) is 0 Å². The maximum atomic E-state index is 14.0. The van der Waals surface area contributed by atoms with Crippen LogP contribution in [-0.4, -0.2) is 113 Å². The van der Waals surface area contributed by atoms with Crippen molar-refractivity contribution in [2.24, 2.45) is 0 Å². The third-order valence-corrected chi connectivity index (χ3v) is 7.91. The van der Waals surface area contributed by atoms with Crippen molar-refractivity contribution in [3.05, 3.63) is 59.7 Å². The largest absolute Gasteiger partial charge is 0.488 e. The Morgan fingerprint density at radius 2 is 1.20 bits per heavy atom. The molecule has 2 rings (SSSR count). The number of alkyl carbamates (subject to hydrolysis) is 3. The van der Waals surface area contributed by atoms with Gasteiger partial charge < -0.3 is 55.7 Å². The number of amides is 6. The first-order valence-electron chi connectivity index (χ1n) is 19.5. The molecule has 0 aliphatic carbocycles. The third kappa shape index (κ3) is 21.0. The Balaban J connectivity index is 2.40. The Kier molecular flexibility index (Phi) is 18.9. The maximum absolute atomic E-state index is 14.0. The Labute approximate surface area is 354 Å². The molecule has 21 heteroatoms. The standard InChI is InChI=1S/C40H58BF3N6O11/c1-37(2,3)59-34(54)45-19-21-50(22-20-46-35(55)60-38(4,5)6)31(51)18-17-29(49-36(56)61-39(7,8)9)32(52)48-30(23-25-13-15-26(16-14-25)40(42,43)44)33(53)47-28-12-10-11-27(24-28)41(57)58/h10-16,24,29-30,57-58H,17-23H2,1-9H3,(H,45,54)(H,46,55)(H,47,53)(H,48,52)(H,49,56)/t29-,30+/m0/s1. The summed E-state index contributed by atoms with van der Waals surface area (Å²) in [6, 6.07) is 6.39. The summed E-state index contributed by atoms with van der Waals surface area (Å²) >= 11 is 0. The topological polar surface area (TPSA) is 234 Å². The van der Waals surface area contributed by atoms with Gasteiger partial charge in [0, 0.05) is 44.7 Å². The second-order valence-corrected chi connectivity index (χ2v) is 16.9. The first kappa shape index (κ1) is 51.6. The molecule has 0 spiro atoms. The van der Waals surface area contributed by atoms with E-state index in [0.717, 1.165) is 24.3 Å². The molecule has 6 amide bonds. The van der Waals surface area contributed by atoms with Crippen LogP contribution in [0.3, 0.4) is 0 Å². The van der Waals surface area contributed by atoms with Gasteiger partial charge in [0.05, 0.1) is 5.56 Å². The van der Waals surface area contributed by atoms with E-state index in [1.54, 1.807) is 62.3 Å². The van der Waals surface area contributed by atoms with Gasteiger partial charge in [-0.05, 0) is 104 Å². The number of hydrogen-bond donors (Lipinski definition) is 7. The van der Waals surface area contributed by atoms with E-state index in [4.69, 9.17) is 14.2 Å². The summed E-state index contributed by atoms with van der Waals surface area (Å²) in [5.41, 5.74) is -3.19. The van der Waals surface area contributed by atoms with Gasteiger partial charge in [0.15, 0.2) is 0 Å². The van der Waals surface area contributed by atoms with Crippen LogP contribution in [-0.2, 0) is 41.2 Å². The number of alkyl halides is 3. The lowest BCUT2D eigenvalue weighted by atomic mass is 9.80. The number of nitrogens with one attached hydrogen (secondary N) is 5. The van der Waals surface area contributed by atoms with Crippen molar-refractivity contribution in [1.82, 2.24) is 26.2 Å². The highest BCUT2D eigenvalue weighted by Gasteiger charge is 2.32. The molecule has 0 radical (unpaired) electrons. The molecule has 0 aliphatic rings. The van der Waals surface area contributed by atoms with E-state index in [1.807, 2.05) is 0 Å². The zero-order valence-electron chi connectivity index (χ0n) is 36.0. The second-order valence-electron chi connectivity index (χ2n) is 16.9. The smallest absolute Gasteiger partial charge is 0.444 e. The van der Waals surface area contributed by atoms with E-state index in [9.17, 15) is 52.0 Å². The van der Waals surface area contributed by atoms with Crippen molar-refractivity contribution in [1.29, 1.82) is 0 Å². The Bertz CT molecular complexity index is 1780. The van der Waals surface area contributed by atoms with E-state index in [2.05, 4.69) is 26.6 Å². The van der Waals surface area contributed by atoms with Crippen LogP contribution in [0, 0.1) is 0 Å². The first-order chi connectivity index (χ1) is 28.0. The van der Waals surface area contributed by atoms with Crippen molar-refractivity contribution in [3.63, 3.8) is 0 Å². The SMILES string of the molecule is CC(C)(C)OC(=O)NCCN(CCNC(=O)OC(C)(C)C)C(=O)CC[C@H](NC(=O)OC(C)(C)C)C(=O)N[C@H](Cc1ccc(C(F)(F)F)cc1)C(=O)Nc1cccc(B(O)O)c1. The van der Waals surface area contributed by atoms with Crippen LogP contribution in [0.4, 0.5) is 33.2 Å². The number of ether oxygens (including phenoxy) is 3. The van der Waals surface area contributed by atoms with Gasteiger partial charge in [-0.3, -0.25) is 14.4 Å². The van der Waals surface area contributed by atoms with Gasteiger partial charge in [-0.25, -0.2) is 14.4 Å². The molecule has 0 saturated heterocycles. The molecule has 0 fully saturated rings. The minimum atomic E-state index is -4.64. The van der Waals surface area contributed by atoms with E-state index in [-0.39, 0.29) is 55.7 Å². The summed E-state index contributed by atoms with van der Waals surface area (Å²) in [6.07, 6.45) is -8.23. The number of hydrogen-bond acceptors (Lipinski definition) is 11. The second kappa shape index (κ2) is 22.3. The minimum Gasteiger partial charge on any atom is -0.444 e. The van der Waals surface area contributed by atoms with Crippen molar-refractivity contribution >= 4 is 54.3 Å². The molecule has 0 saturated carbocycles. The number of carbonyl (C=O) groups excluding carboxylic acids is 6. The molecule has 0 unspecified atom stereocenters. The third-order valence-electron chi connectivity index (χ3n) is 7.91. The molecule has 2 aromatic rings. The molecule has 0 bridgehead atoms. The summed E-state index contributed by atoms with van der Waals surface area (Å²) in [7, 11) is -1.87. The lowest BCUT2D eigenvalue weighted by Crippen LogP contribution is -2.54. The van der Waals surface area contributed by atoms with E-state index >= 15 is 0 Å². The zero-order chi connectivity index (χ0) is 46.3. The molecule has 7 N–H and O–H groups in total. The fourth-order valence-electron chi connectivity index (χ4n) is 5.27. The fourth-order valence-corrected chi connectivity index (χ4v) is 5.27. The number of carbonyl (C=O) groups is 6. The molecule has 61 heavy (non-hydrogen) atoms. The minimum absolute atomic E-state index is 0.0303. The lowest BCUT2D eigenvalue weighted by Gasteiger charge is -2.27. The molecular weight excluding hydrogens is 808 g/mol. The van der Waals surface area contributed by atoms with Crippen LogP contribution in [0.15, 0.2) is 48.5 Å². The van der Waals surface area contributed by atoms with Crippen LogP contribution in [0.2, 0.25) is 0 Å². The number of nitrogens with zero attached hydrogens (tertiary/aromatic N) is 1. The highest BCUT2D eigenvalue weighted by molar-refractivity contribution is 6.58. The van der Waals surface area contributed by atoms with Crippen LogP contribution in [0.1, 0.15) is 86.3 Å². The average Bonchev–Trinajstić information content (AvgIpc) is 3.09. The Hall–Kier alpha value is -5.57. The van der Waals surface area contributed by atoms with Crippen molar-refractivity contribution < 1.29 is 66.2 Å². The summed E-state index contributed by atoms with van der Waals surface area (Å²) in [5.74, 6) is -2.38. The summed E-state index contributed by atoms with van der Waals surface area (Å²) in [4.78, 5) is 80.3. The predicted octanol–water partition coefficient (Wildman–Crippen LogP) is 3.60. The molecule has 2 atom stereocenters. The predicted molar refractivity (Wildman–Crippen MR) is 219 cm³/mol. The Morgan fingerprint density at radius 3 is 1.67 bits per heavy atom. The van der Waals surface area contributed by atoms with Crippen LogP contribution in [0.5, 0.6) is 0 Å². The molecule has 338 valence electrons. The van der Waals surface area contributed by atoms with E-state index in [0.29, 0.717) is 0 Å². The highest BCUT2D eigenvalue weighted by atomic mass is 19.4. The van der Waals surface area contributed by atoms with Crippen molar-refractivity contribution in [2.45, 2.75) is 117 Å². The van der Waals surface area contributed by atoms with Gasteiger partial charge in [-0.15, -0.1) is 0 Å². The monoisotopic (exact) mass is 866 g/mol. The first-order valence-corrected chi connectivity index (χ1v) is 19.5. The highest BCUT2D eigenvalue weighted by Crippen LogP contribution is 2.29. The molecule has 2 aromatic carbocycles. The number of benzene rings is 2. The van der Waals surface area contributed by atoms with Crippen molar-refractivity contribution in [3.8, 4) is 0 Å².